The van der Waals surface area contributed by atoms with Crippen molar-refractivity contribution in [3.05, 3.63) is 46.0 Å². The zero-order chi connectivity index (χ0) is 16.1. The van der Waals surface area contributed by atoms with Crippen LogP contribution >= 0.6 is 0 Å². The predicted octanol–water partition coefficient (Wildman–Crippen LogP) is 4.32. The van der Waals surface area contributed by atoms with Crippen LogP contribution in [0.3, 0.4) is 0 Å². The molecule has 1 aromatic rings. The fourth-order valence-corrected chi connectivity index (χ4v) is 3.60. The average Bonchev–Trinajstić information content (AvgIpc) is 3.06. The first-order valence-corrected chi connectivity index (χ1v) is 8.38. The highest BCUT2D eigenvalue weighted by atomic mass is 16.7. The van der Waals surface area contributed by atoms with Crippen LogP contribution in [0.25, 0.3) is 6.08 Å². The van der Waals surface area contributed by atoms with Crippen molar-refractivity contribution in [1.29, 1.82) is 0 Å². The summed E-state index contributed by atoms with van der Waals surface area (Å²) in [6, 6.07) is 6.58. The minimum absolute atomic E-state index is 0.114. The van der Waals surface area contributed by atoms with Crippen LogP contribution in [-0.2, 0) is 9.47 Å². The van der Waals surface area contributed by atoms with Gasteiger partial charge in [-0.2, -0.15) is 0 Å². The molecule has 0 atom stereocenters. The minimum atomic E-state index is -0.461. The summed E-state index contributed by atoms with van der Waals surface area (Å²) in [4.78, 5) is 10.3. The van der Waals surface area contributed by atoms with Gasteiger partial charge in [-0.25, -0.2) is 0 Å². The summed E-state index contributed by atoms with van der Waals surface area (Å²) in [5.41, 5.74) is 1.07. The normalized spacial score (nSPS) is 21.7. The summed E-state index contributed by atoms with van der Waals surface area (Å²) in [6.45, 7) is 1.34. The number of hydrogen-bond donors (Lipinski definition) is 0. The van der Waals surface area contributed by atoms with Gasteiger partial charge in [0, 0.05) is 24.5 Å². The van der Waals surface area contributed by atoms with E-state index < -0.39 is 5.79 Å². The first-order valence-electron chi connectivity index (χ1n) is 8.38. The molecule has 1 aliphatic carbocycles. The van der Waals surface area contributed by atoms with Crippen LogP contribution in [0.1, 0.15) is 44.1 Å². The van der Waals surface area contributed by atoms with Gasteiger partial charge in [0.25, 0.3) is 5.69 Å². The first kappa shape index (κ1) is 16.1. The third kappa shape index (κ3) is 3.79. The van der Waals surface area contributed by atoms with Crippen LogP contribution in [0.2, 0.25) is 0 Å². The van der Waals surface area contributed by atoms with Crippen LogP contribution in [-0.4, -0.2) is 23.9 Å². The van der Waals surface area contributed by atoms with Crippen LogP contribution in [0, 0.1) is 16.0 Å². The fourth-order valence-electron chi connectivity index (χ4n) is 3.60. The van der Waals surface area contributed by atoms with Gasteiger partial charge in [0.1, 0.15) is 0 Å². The van der Waals surface area contributed by atoms with Crippen molar-refractivity contribution in [3.8, 4) is 0 Å². The van der Waals surface area contributed by atoms with Crippen molar-refractivity contribution in [2.24, 2.45) is 5.92 Å². The molecule has 1 aliphatic heterocycles. The zero-order valence-corrected chi connectivity index (χ0v) is 13.3. The highest BCUT2D eigenvalue weighted by Crippen LogP contribution is 2.40. The lowest BCUT2D eigenvalue weighted by Crippen LogP contribution is -2.39. The second-order valence-electron chi connectivity index (χ2n) is 6.30. The molecular formula is C18H23NO4. The van der Waals surface area contributed by atoms with Crippen molar-refractivity contribution in [3.63, 3.8) is 0 Å². The maximum absolute atomic E-state index is 10.7. The molecule has 1 aromatic carbocycles. The number of benzene rings is 1. The van der Waals surface area contributed by atoms with Crippen molar-refractivity contribution in [1.82, 2.24) is 0 Å². The number of rotatable bonds is 5. The van der Waals surface area contributed by atoms with E-state index in [-0.39, 0.29) is 10.6 Å². The SMILES string of the molecule is O=[N+]([O-])c1ccc(C=CCC2(C3CCCCC3)OCCO2)cc1. The van der Waals surface area contributed by atoms with Gasteiger partial charge in [0.05, 0.1) is 18.1 Å². The Bertz CT molecular complexity index is 555. The molecule has 1 heterocycles. The van der Waals surface area contributed by atoms with E-state index in [0.717, 1.165) is 12.0 Å². The Balaban J connectivity index is 1.65. The number of nitrogens with zero attached hydrogens (tertiary/aromatic N) is 1. The van der Waals surface area contributed by atoms with Crippen molar-refractivity contribution in [2.75, 3.05) is 13.2 Å². The summed E-state index contributed by atoms with van der Waals surface area (Å²) in [5.74, 6) is 0.0118. The zero-order valence-electron chi connectivity index (χ0n) is 13.3. The molecule has 0 unspecified atom stereocenters. The van der Waals surface area contributed by atoms with Gasteiger partial charge >= 0.3 is 0 Å². The van der Waals surface area contributed by atoms with Crippen LogP contribution in [0.4, 0.5) is 5.69 Å². The molecule has 1 saturated carbocycles. The van der Waals surface area contributed by atoms with Gasteiger partial charge < -0.3 is 9.47 Å². The fraction of sp³-hybridized carbons (Fsp3) is 0.556. The van der Waals surface area contributed by atoms with Crippen LogP contribution in [0.15, 0.2) is 30.3 Å². The summed E-state index contributed by atoms with van der Waals surface area (Å²) in [6.07, 6.45) is 11.0. The van der Waals surface area contributed by atoms with Crippen LogP contribution in [0.5, 0.6) is 0 Å². The number of hydrogen-bond acceptors (Lipinski definition) is 4. The van der Waals surface area contributed by atoms with Crippen LogP contribution < -0.4 is 0 Å². The Labute approximate surface area is 136 Å². The van der Waals surface area contributed by atoms with E-state index >= 15 is 0 Å². The molecule has 23 heavy (non-hydrogen) atoms. The number of nitro groups is 1. The van der Waals surface area contributed by atoms with Gasteiger partial charge in [0.2, 0.25) is 0 Å². The molecular weight excluding hydrogens is 294 g/mol. The standard InChI is InChI=1S/C18H23NO4/c20-19(21)17-10-8-15(9-11-17)5-4-12-18(22-13-14-23-18)16-6-2-1-3-7-16/h4-5,8-11,16H,1-3,6-7,12-14H2. The molecule has 124 valence electrons. The monoisotopic (exact) mass is 317 g/mol. The Morgan fingerprint density at radius 3 is 2.39 bits per heavy atom. The summed E-state index contributed by atoms with van der Waals surface area (Å²) >= 11 is 0. The van der Waals surface area contributed by atoms with Crippen molar-refractivity contribution < 1.29 is 14.4 Å². The first-order chi connectivity index (χ1) is 11.2. The van der Waals surface area contributed by atoms with Crippen molar-refractivity contribution >= 4 is 11.8 Å². The van der Waals surface area contributed by atoms with E-state index in [4.69, 9.17) is 9.47 Å². The highest BCUT2D eigenvalue weighted by molar-refractivity contribution is 5.51. The second kappa shape index (κ2) is 7.23. The highest BCUT2D eigenvalue weighted by Gasteiger charge is 2.43. The maximum Gasteiger partial charge on any atom is 0.269 e. The third-order valence-electron chi connectivity index (χ3n) is 4.82. The lowest BCUT2D eigenvalue weighted by Gasteiger charge is -2.37. The molecule has 0 aromatic heterocycles. The summed E-state index contributed by atoms with van der Waals surface area (Å²) in [5, 5.41) is 10.7. The Morgan fingerprint density at radius 1 is 1.13 bits per heavy atom. The van der Waals surface area contributed by atoms with E-state index in [9.17, 15) is 10.1 Å². The second-order valence-corrected chi connectivity index (χ2v) is 6.30. The molecule has 0 N–H and O–H groups in total. The molecule has 0 amide bonds. The Hall–Kier alpha value is -1.72. The smallest absolute Gasteiger partial charge is 0.269 e. The largest absolute Gasteiger partial charge is 0.347 e. The predicted molar refractivity (Wildman–Crippen MR) is 88.0 cm³/mol. The average molecular weight is 317 g/mol. The number of nitro benzene ring substituents is 1. The quantitative estimate of drug-likeness (QED) is 0.599. The van der Waals surface area contributed by atoms with Gasteiger partial charge in [-0.15, -0.1) is 0 Å². The summed E-state index contributed by atoms with van der Waals surface area (Å²) < 4.78 is 12.0. The lowest BCUT2D eigenvalue weighted by atomic mass is 9.81. The van der Waals surface area contributed by atoms with E-state index in [1.165, 1.54) is 44.2 Å². The van der Waals surface area contributed by atoms with Gasteiger partial charge in [0.15, 0.2) is 5.79 Å². The minimum Gasteiger partial charge on any atom is -0.347 e. The Kier molecular flexibility index (Phi) is 5.08. The third-order valence-corrected chi connectivity index (χ3v) is 4.82. The summed E-state index contributed by atoms with van der Waals surface area (Å²) in [7, 11) is 0. The maximum atomic E-state index is 10.7. The Morgan fingerprint density at radius 2 is 1.78 bits per heavy atom. The molecule has 3 rings (SSSR count). The van der Waals surface area contributed by atoms with Gasteiger partial charge in [-0.3, -0.25) is 10.1 Å². The molecule has 1 saturated heterocycles. The lowest BCUT2D eigenvalue weighted by molar-refractivity contribution is -0.384. The van der Waals surface area contributed by atoms with E-state index in [1.807, 2.05) is 6.08 Å². The van der Waals surface area contributed by atoms with E-state index in [2.05, 4.69) is 6.08 Å². The molecule has 0 bridgehead atoms. The van der Waals surface area contributed by atoms with E-state index in [1.54, 1.807) is 12.1 Å². The molecule has 0 spiro atoms. The molecule has 2 aliphatic rings. The number of ether oxygens (including phenoxy) is 2. The van der Waals surface area contributed by atoms with Gasteiger partial charge in [-0.1, -0.05) is 31.4 Å². The number of non-ortho nitro benzene ring substituents is 1. The molecule has 2 fully saturated rings. The van der Waals surface area contributed by atoms with Gasteiger partial charge in [-0.05, 0) is 30.5 Å². The molecule has 0 radical (unpaired) electrons. The van der Waals surface area contributed by atoms with Crippen molar-refractivity contribution in [2.45, 2.75) is 44.3 Å². The van der Waals surface area contributed by atoms with E-state index in [0.29, 0.717) is 19.1 Å². The topological polar surface area (TPSA) is 61.6 Å². The molecule has 5 nitrogen and oxygen atoms in total. The molecule has 5 heteroatoms.